The predicted molar refractivity (Wildman–Crippen MR) is 103 cm³/mol. The van der Waals surface area contributed by atoms with Crippen LogP contribution in [0, 0.1) is 0 Å². The number of fused-ring (bicyclic) bond motifs is 2. The van der Waals surface area contributed by atoms with Gasteiger partial charge in [-0.3, -0.25) is 9.69 Å². The number of nitrogens with zero attached hydrogens (tertiary/aromatic N) is 1. The third-order valence-corrected chi connectivity index (χ3v) is 5.43. The highest BCUT2D eigenvalue weighted by molar-refractivity contribution is 7.99. The molecule has 5 nitrogen and oxygen atoms in total. The first-order valence-corrected chi connectivity index (χ1v) is 9.39. The maximum atomic E-state index is 13.2. The summed E-state index contributed by atoms with van der Waals surface area (Å²) in [7, 11) is 0. The first-order chi connectivity index (χ1) is 13.0. The van der Waals surface area contributed by atoms with Gasteiger partial charge in [0.15, 0.2) is 6.10 Å². The van der Waals surface area contributed by atoms with Crippen molar-refractivity contribution in [1.82, 2.24) is 0 Å². The van der Waals surface area contributed by atoms with E-state index < -0.39 is 12.1 Å². The molecule has 2 heterocycles. The molecular formula is C20H14ClNO4S. The van der Waals surface area contributed by atoms with Crippen LogP contribution in [-0.2, 0) is 9.53 Å². The summed E-state index contributed by atoms with van der Waals surface area (Å²) in [5, 5.41) is 0.520. The molecule has 0 N–H and O–H groups in total. The summed E-state index contributed by atoms with van der Waals surface area (Å²) >= 11 is 7.72. The number of benzene rings is 2. The van der Waals surface area contributed by atoms with Crippen LogP contribution in [0.4, 0.5) is 11.4 Å². The first kappa shape index (κ1) is 17.7. The molecular weight excluding hydrogens is 386 g/mol. The van der Waals surface area contributed by atoms with Crippen molar-refractivity contribution in [2.75, 3.05) is 4.90 Å². The van der Waals surface area contributed by atoms with E-state index in [2.05, 4.69) is 0 Å². The van der Waals surface area contributed by atoms with Crippen molar-refractivity contribution in [3.8, 4) is 0 Å². The standard InChI is InChI=1S/C20H14ClNO4S/c1-12(26-20(24)16-6-4-10-25-16)19(23)22-14-5-2-3-7-17(14)27-18-9-8-13(21)11-15(18)22/h2-12H,1H3. The number of carbonyl (C=O) groups excluding carboxylic acids is 2. The van der Waals surface area contributed by atoms with Crippen molar-refractivity contribution in [3.63, 3.8) is 0 Å². The van der Waals surface area contributed by atoms with E-state index in [-0.39, 0.29) is 11.7 Å². The van der Waals surface area contributed by atoms with Crippen LogP contribution in [0.3, 0.4) is 0 Å². The number of anilines is 2. The van der Waals surface area contributed by atoms with Crippen molar-refractivity contribution in [2.24, 2.45) is 0 Å². The zero-order valence-electron chi connectivity index (χ0n) is 14.2. The highest BCUT2D eigenvalue weighted by atomic mass is 35.5. The van der Waals surface area contributed by atoms with Crippen LogP contribution in [0.5, 0.6) is 0 Å². The minimum Gasteiger partial charge on any atom is -0.457 e. The Kier molecular flexibility index (Phi) is 4.68. The number of amides is 1. The molecule has 136 valence electrons. The summed E-state index contributed by atoms with van der Waals surface area (Å²) in [5.74, 6) is -1.01. The first-order valence-electron chi connectivity index (χ1n) is 8.19. The smallest absolute Gasteiger partial charge is 0.374 e. The van der Waals surface area contributed by atoms with E-state index in [1.807, 2.05) is 30.3 Å². The van der Waals surface area contributed by atoms with Gasteiger partial charge in [0.1, 0.15) is 0 Å². The SMILES string of the molecule is CC(OC(=O)c1ccco1)C(=O)N1c2ccccc2Sc2ccc(Cl)cc21. The van der Waals surface area contributed by atoms with Gasteiger partial charge >= 0.3 is 5.97 Å². The Labute approximate surface area is 164 Å². The maximum Gasteiger partial charge on any atom is 0.374 e. The Balaban J connectivity index is 1.68. The number of hydrogen-bond donors (Lipinski definition) is 0. The molecule has 27 heavy (non-hydrogen) atoms. The van der Waals surface area contributed by atoms with Gasteiger partial charge in [0.2, 0.25) is 5.76 Å². The molecule has 1 amide bonds. The minimum atomic E-state index is -1.01. The average Bonchev–Trinajstić information content (AvgIpc) is 3.20. The molecule has 1 atom stereocenters. The predicted octanol–water partition coefficient (Wildman–Crippen LogP) is 5.31. The molecule has 1 aromatic heterocycles. The fraction of sp³-hybridized carbons (Fsp3) is 0.100. The lowest BCUT2D eigenvalue weighted by molar-refractivity contribution is -0.125. The van der Waals surface area contributed by atoms with Gasteiger partial charge in [0.25, 0.3) is 5.91 Å². The Hall–Kier alpha value is -2.70. The maximum absolute atomic E-state index is 13.2. The lowest BCUT2D eigenvalue weighted by Crippen LogP contribution is -2.38. The molecule has 0 aliphatic carbocycles. The van der Waals surface area contributed by atoms with Crippen LogP contribution in [-0.4, -0.2) is 18.0 Å². The second-order valence-electron chi connectivity index (χ2n) is 5.88. The van der Waals surface area contributed by atoms with Gasteiger partial charge in [-0.2, -0.15) is 0 Å². The van der Waals surface area contributed by atoms with Crippen LogP contribution in [0.25, 0.3) is 0 Å². The zero-order valence-corrected chi connectivity index (χ0v) is 15.8. The normalized spacial score (nSPS) is 13.5. The summed E-state index contributed by atoms with van der Waals surface area (Å²) in [6.45, 7) is 1.54. The van der Waals surface area contributed by atoms with Crippen LogP contribution < -0.4 is 4.90 Å². The number of para-hydroxylation sites is 1. The second-order valence-corrected chi connectivity index (χ2v) is 7.40. The van der Waals surface area contributed by atoms with Gasteiger partial charge in [-0.25, -0.2) is 4.79 Å². The summed E-state index contributed by atoms with van der Waals surface area (Å²) in [4.78, 5) is 28.7. The van der Waals surface area contributed by atoms with Gasteiger partial charge < -0.3 is 9.15 Å². The van der Waals surface area contributed by atoms with E-state index in [1.165, 1.54) is 19.3 Å². The highest BCUT2D eigenvalue weighted by Gasteiger charge is 2.33. The van der Waals surface area contributed by atoms with E-state index in [9.17, 15) is 9.59 Å². The molecule has 7 heteroatoms. The fourth-order valence-corrected chi connectivity index (χ4v) is 4.02. The van der Waals surface area contributed by atoms with Gasteiger partial charge in [0, 0.05) is 14.8 Å². The molecule has 1 aliphatic rings. The van der Waals surface area contributed by atoms with Crippen LogP contribution in [0.1, 0.15) is 17.5 Å². The summed E-state index contributed by atoms with van der Waals surface area (Å²) in [5.41, 5.74) is 1.39. The molecule has 0 bridgehead atoms. The van der Waals surface area contributed by atoms with Gasteiger partial charge in [-0.05, 0) is 49.4 Å². The number of carbonyl (C=O) groups is 2. The fourth-order valence-electron chi connectivity index (χ4n) is 2.81. The lowest BCUT2D eigenvalue weighted by Gasteiger charge is -2.32. The number of esters is 1. The molecule has 0 fully saturated rings. The second kappa shape index (κ2) is 7.13. The third kappa shape index (κ3) is 3.34. The molecule has 0 saturated heterocycles. The van der Waals surface area contributed by atoms with Crippen LogP contribution in [0.2, 0.25) is 5.02 Å². The molecule has 1 unspecified atom stereocenters. The zero-order chi connectivity index (χ0) is 19.0. The molecule has 4 rings (SSSR count). The molecule has 0 radical (unpaired) electrons. The van der Waals surface area contributed by atoms with E-state index in [0.29, 0.717) is 10.7 Å². The Morgan fingerprint density at radius 3 is 2.63 bits per heavy atom. The van der Waals surface area contributed by atoms with Gasteiger partial charge in [0.05, 0.1) is 17.6 Å². The molecule has 0 saturated carbocycles. The Morgan fingerprint density at radius 2 is 1.85 bits per heavy atom. The van der Waals surface area contributed by atoms with E-state index in [0.717, 1.165) is 15.5 Å². The van der Waals surface area contributed by atoms with E-state index >= 15 is 0 Å². The van der Waals surface area contributed by atoms with Crippen molar-refractivity contribution in [2.45, 2.75) is 22.8 Å². The van der Waals surface area contributed by atoms with Crippen LogP contribution >= 0.6 is 23.4 Å². The monoisotopic (exact) mass is 399 g/mol. The van der Waals surface area contributed by atoms with E-state index in [4.69, 9.17) is 20.8 Å². The summed E-state index contributed by atoms with van der Waals surface area (Å²) < 4.78 is 10.3. The number of rotatable bonds is 3. The topological polar surface area (TPSA) is 59.8 Å². The number of ether oxygens (including phenoxy) is 1. The number of furan rings is 1. The largest absolute Gasteiger partial charge is 0.457 e. The highest BCUT2D eigenvalue weighted by Crippen LogP contribution is 2.49. The molecule has 2 aromatic carbocycles. The summed E-state index contributed by atoms with van der Waals surface area (Å²) in [6.07, 6.45) is 0.366. The molecule has 0 spiro atoms. The lowest BCUT2D eigenvalue weighted by atomic mass is 10.2. The van der Waals surface area contributed by atoms with Gasteiger partial charge in [-0.15, -0.1) is 0 Å². The Bertz CT molecular complexity index is 1020. The van der Waals surface area contributed by atoms with Crippen molar-refractivity contribution >= 4 is 46.6 Å². The number of hydrogen-bond acceptors (Lipinski definition) is 5. The minimum absolute atomic E-state index is 0.0488. The van der Waals surface area contributed by atoms with E-state index in [1.54, 1.807) is 34.9 Å². The number of halogens is 1. The Morgan fingerprint density at radius 1 is 1.07 bits per heavy atom. The summed E-state index contributed by atoms with van der Waals surface area (Å²) in [6, 6.07) is 16.0. The quantitative estimate of drug-likeness (QED) is 0.559. The average molecular weight is 400 g/mol. The van der Waals surface area contributed by atoms with Crippen molar-refractivity contribution in [3.05, 3.63) is 71.6 Å². The van der Waals surface area contributed by atoms with Gasteiger partial charge in [-0.1, -0.05) is 35.5 Å². The van der Waals surface area contributed by atoms with Crippen molar-refractivity contribution in [1.29, 1.82) is 0 Å². The van der Waals surface area contributed by atoms with Crippen LogP contribution in [0.15, 0.2) is 75.1 Å². The third-order valence-electron chi connectivity index (χ3n) is 4.06. The molecule has 1 aliphatic heterocycles. The molecule has 3 aromatic rings. The van der Waals surface area contributed by atoms with Crippen molar-refractivity contribution < 1.29 is 18.7 Å².